The van der Waals surface area contributed by atoms with Gasteiger partial charge in [0, 0.05) is 11.9 Å². The molecule has 2 heterocycles. The molecule has 0 aliphatic heterocycles. The summed E-state index contributed by atoms with van der Waals surface area (Å²) in [5, 5.41) is 7.21. The van der Waals surface area contributed by atoms with E-state index in [4.69, 9.17) is 0 Å². The van der Waals surface area contributed by atoms with Crippen LogP contribution in [0.4, 0.5) is 5.69 Å². The van der Waals surface area contributed by atoms with Gasteiger partial charge in [-0.2, -0.15) is 5.10 Å². The predicted molar refractivity (Wildman–Crippen MR) is 73.7 cm³/mol. The monoisotopic (exact) mass is 258 g/mol. The van der Waals surface area contributed by atoms with Crippen molar-refractivity contribution in [1.29, 1.82) is 0 Å². The number of rotatable bonds is 4. The Kier molecular flexibility index (Phi) is 3.94. The molecule has 0 fully saturated rings. The summed E-state index contributed by atoms with van der Waals surface area (Å²) >= 11 is 0. The standard InChI is InChI=1S/C14H18N4O/c1-10(9-18-12(3)7-11(2)17-18)14(19)16-13-5-4-6-15-8-13/h4-8,10H,9H2,1-3H3,(H,16,19)/t10-/m1/s1. The Bertz CT molecular complexity index is 562. The summed E-state index contributed by atoms with van der Waals surface area (Å²) in [4.78, 5) is 16.0. The smallest absolute Gasteiger partial charge is 0.229 e. The molecule has 19 heavy (non-hydrogen) atoms. The molecule has 0 saturated carbocycles. The van der Waals surface area contributed by atoms with E-state index in [1.165, 1.54) is 0 Å². The molecule has 0 bridgehead atoms. The second-order valence-corrected chi connectivity index (χ2v) is 4.74. The van der Waals surface area contributed by atoms with Crippen molar-refractivity contribution in [3.05, 3.63) is 42.0 Å². The van der Waals surface area contributed by atoms with Crippen molar-refractivity contribution in [2.75, 3.05) is 5.32 Å². The molecule has 1 N–H and O–H groups in total. The summed E-state index contributed by atoms with van der Waals surface area (Å²) in [5.41, 5.74) is 2.75. The van der Waals surface area contributed by atoms with Gasteiger partial charge in [-0.15, -0.1) is 0 Å². The molecular weight excluding hydrogens is 240 g/mol. The summed E-state index contributed by atoms with van der Waals surface area (Å²) in [7, 11) is 0. The van der Waals surface area contributed by atoms with E-state index in [1.807, 2.05) is 37.6 Å². The minimum Gasteiger partial charge on any atom is -0.324 e. The van der Waals surface area contributed by atoms with E-state index in [0.717, 1.165) is 11.4 Å². The lowest BCUT2D eigenvalue weighted by Gasteiger charge is -2.13. The van der Waals surface area contributed by atoms with E-state index < -0.39 is 0 Å². The van der Waals surface area contributed by atoms with Gasteiger partial charge in [-0.1, -0.05) is 6.92 Å². The maximum Gasteiger partial charge on any atom is 0.229 e. The summed E-state index contributed by atoms with van der Waals surface area (Å²) < 4.78 is 1.86. The van der Waals surface area contributed by atoms with Gasteiger partial charge in [0.1, 0.15) is 0 Å². The molecule has 0 unspecified atom stereocenters. The number of carbonyl (C=O) groups excluding carboxylic acids is 1. The van der Waals surface area contributed by atoms with Crippen LogP contribution < -0.4 is 5.32 Å². The maximum atomic E-state index is 12.1. The number of anilines is 1. The highest BCUT2D eigenvalue weighted by Gasteiger charge is 2.15. The molecule has 5 nitrogen and oxygen atoms in total. The Morgan fingerprint density at radius 1 is 1.47 bits per heavy atom. The molecule has 0 aromatic carbocycles. The van der Waals surface area contributed by atoms with Crippen LogP contribution in [0.25, 0.3) is 0 Å². The van der Waals surface area contributed by atoms with Gasteiger partial charge in [-0.05, 0) is 32.0 Å². The lowest BCUT2D eigenvalue weighted by Crippen LogP contribution is -2.25. The van der Waals surface area contributed by atoms with Gasteiger partial charge in [-0.25, -0.2) is 0 Å². The maximum absolute atomic E-state index is 12.1. The normalized spacial score (nSPS) is 12.2. The highest BCUT2D eigenvalue weighted by Crippen LogP contribution is 2.10. The molecule has 1 atom stereocenters. The Morgan fingerprint density at radius 2 is 2.26 bits per heavy atom. The zero-order valence-corrected chi connectivity index (χ0v) is 11.4. The molecule has 0 spiro atoms. The van der Waals surface area contributed by atoms with E-state index in [-0.39, 0.29) is 11.8 Å². The zero-order chi connectivity index (χ0) is 13.8. The molecule has 100 valence electrons. The molecular formula is C14H18N4O. The first-order valence-electron chi connectivity index (χ1n) is 6.28. The van der Waals surface area contributed by atoms with Gasteiger partial charge >= 0.3 is 0 Å². The molecule has 1 amide bonds. The van der Waals surface area contributed by atoms with E-state index in [9.17, 15) is 4.79 Å². The van der Waals surface area contributed by atoms with E-state index in [1.54, 1.807) is 18.5 Å². The predicted octanol–water partition coefficient (Wildman–Crippen LogP) is 2.17. The fourth-order valence-corrected chi connectivity index (χ4v) is 1.90. The topological polar surface area (TPSA) is 59.8 Å². The molecule has 0 aliphatic carbocycles. The van der Waals surface area contributed by atoms with E-state index in [2.05, 4.69) is 15.4 Å². The summed E-state index contributed by atoms with van der Waals surface area (Å²) in [6.07, 6.45) is 3.31. The SMILES string of the molecule is Cc1cc(C)n(C[C@@H](C)C(=O)Nc2cccnc2)n1. The molecule has 2 aromatic heterocycles. The van der Waals surface area contributed by atoms with Crippen LogP contribution in [0, 0.1) is 19.8 Å². The second-order valence-electron chi connectivity index (χ2n) is 4.74. The van der Waals surface area contributed by atoms with Crippen molar-refractivity contribution >= 4 is 11.6 Å². The van der Waals surface area contributed by atoms with Crippen molar-refractivity contribution in [3.8, 4) is 0 Å². The number of carbonyl (C=O) groups is 1. The van der Waals surface area contributed by atoms with Crippen LogP contribution in [0.2, 0.25) is 0 Å². The first kappa shape index (κ1) is 13.3. The average molecular weight is 258 g/mol. The van der Waals surface area contributed by atoms with E-state index in [0.29, 0.717) is 12.2 Å². The zero-order valence-electron chi connectivity index (χ0n) is 11.4. The molecule has 5 heteroatoms. The van der Waals surface area contributed by atoms with Crippen LogP contribution in [0.15, 0.2) is 30.6 Å². The molecule has 0 aliphatic rings. The Morgan fingerprint density at radius 3 is 2.84 bits per heavy atom. The number of hydrogen-bond acceptors (Lipinski definition) is 3. The quantitative estimate of drug-likeness (QED) is 0.914. The highest BCUT2D eigenvalue weighted by molar-refractivity contribution is 5.92. The molecule has 0 saturated heterocycles. The van der Waals surface area contributed by atoms with Crippen LogP contribution in [0.5, 0.6) is 0 Å². The van der Waals surface area contributed by atoms with Crippen LogP contribution in [0.3, 0.4) is 0 Å². The number of aryl methyl sites for hydroxylation is 2. The number of aromatic nitrogens is 3. The van der Waals surface area contributed by atoms with Crippen LogP contribution in [0.1, 0.15) is 18.3 Å². The minimum atomic E-state index is -0.154. The van der Waals surface area contributed by atoms with E-state index >= 15 is 0 Å². The third-order valence-electron chi connectivity index (χ3n) is 2.93. The van der Waals surface area contributed by atoms with Gasteiger partial charge in [0.15, 0.2) is 0 Å². The van der Waals surface area contributed by atoms with Gasteiger partial charge in [0.2, 0.25) is 5.91 Å². The van der Waals surface area contributed by atoms with Crippen molar-refractivity contribution in [2.24, 2.45) is 5.92 Å². The highest BCUT2D eigenvalue weighted by atomic mass is 16.1. The van der Waals surface area contributed by atoms with Crippen LogP contribution >= 0.6 is 0 Å². The fraction of sp³-hybridized carbons (Fsp3) is 0.357. The van der Waals surface area contributed by atoms with Gasteiger partial charge < -0.3 is 5.32 Å². The van der Waals surface area contributed by atoms with Crippen molar-refractivity contribution in [1.82, 2.24) is 14.8 Å². The lowest BCUT2D eigenvalue weighted by atomic mass is 10.1. The van der Waals surface area contributed by atoms with Crippen molar-refractivity contribution in [3.63, 3.8) is 0 Å². The van der Waals surface area contributed by atoms with Gasteiger partial charge in [0.05, 0.1) is 30.0 Å². The van der Waals surface area contributed by atoms with Crippen molar-refractivity contribution in [2.45, 2.75) is 27.3 Å². The lowest BCUT2D eigenvalue weighted by molar-refractivity contribution is -0.119. The van der Waals surface area contributed by atoms with Crippen LogP contribution in [-0.4, -0.2) is 20.7 Å². The number of pyridine rings is 1. The third-order valence-corrected chi connectivity index (χ3v) is 2.93. The van der Waals surface area contributed by atoms with Gasteiger partial charge in [-0.3, -0.25) is 14.5 Å². The number of amides is 1. The molecule has 2 rings (SSSR count). The number of hydrogen-bond donors (Lipinski definition) is 1. The Labute approximate surface area is 112 Å². The molecule has 2 aromatic rings. The Balaban J connectivity index is 1.98. The average Bonchev–Trinajstić information content (AvgIpc) is 2.69. The second kappa shape index (κ2) is 5.65. The number of nitrogens with one attached hydrogen (secondary N) is 1. The van der Waals surface area contributed by atoms with Gasteiger partial charge in [0.25, 0.3) is 0 Å². The van der Waals surface area contributed by atoms with Crippen LogP contribution in [-0.2, 0) is 11.3 Å². The molecule has 0 radical (unpaired) electrons. The van der Waals surface area contributed by atoms with Crippen molar-refractivity contribution < 1.29 is 4.79 Å². The third kappa shape index (κ3) is 3.40. The summed E-state index contributed by atoms with van der Waals surface area (Å²) in [6, 6.07) is 5.62. The fourth-order valence-electron chi connectivity index (χ4n) is 1.90. The first-order valence-corrected chi connectivity index (χ1v) is 6.28. The largest absolute Gasteiger partial charge is 0.324 e. The Hall–Kier alpha value is -2.17. The minimum absolute atomic E-state index is 0.0273. The first-order chi connectivity index (χ1) is 9.06. The summed E-state index contributed by atoms with van der Waals surface area (Å²) in [5.74, 6) is -0.182. The summed E-state index contributed by atoms with van der Waals surface area (Å²) in [6.45, 7) is 6.41. The number of nitrogens with zero attached hydrogens (tertiary/aromatic N) is 3.